The molecule has 184 valence electrons. The van der Waals surface area contributed by atoms with Gasteiger partial charge in [0.15, 0.2) is 23.0 Å². The van der Waals surface area contributed by atoms with Crippen LogP contribution in [0.1, 0.15) is 17.2 Å². The number of amides is 1. The van der Waals surface area contributed by atoms with E-state index in [-0.39, 0.29) is 17.9 Å². The van der Waals surface area contributed by atoms with Crippen LogP contribution in [-0.2, 0) is 11.4 Å². The zero-order valence-corrected chi connectivity index (χ0v) is 21.7. The van der Waals surface area contributed by atoms with E-state index in [2.05, 4.69) is 15.9 Å². The molecule has 0 aromatic heterocycles. The lowest BCUT2D eigenvalue weighted by Gasteiger charge is -2.47. The largest absolute Gasteiger partial charge is 0.493 e. The fourth-order valence-corrected chi connectivity index (χ4v) is 4.93. The Morgan fingerprint density at radius 2 is 1.46 bits per heavy atom. The summed E-state index contributed by atoms with van der Waals surface area (Å²) in [5.41, 5.74) is 2.65. The Kier molecular flexibility index (Phi) is 7.70. The Hall–Kier alpha value is -3.39. The van der Waals surface area contributed by atoms with E-state index >= 15 is 0 Å². The van der Waals surface area contributed by atoms with Gasteiger partial charge in [-0.05, 0) is 23.3 Å². The van der Waals surface area contributed by atoms with E-state index in [1.807, 2.05) is 48.5 Å². The van der Waals surface area contributed by atoms with Crippen molar-refractivity contribution in [3.63, 3.8) is 0 Å². The van der Waals surface area contributed by atoms with Gasteiger partial charge in [0.05, 0.1) is 46.1 Å². The number of anilines is 1. The van der Waals surface area contributed by atoms with E-state index in [1.54, 1.807) is 45.5 Å². The van der Waals surface area contributed by atoms with Gasteiger partial charge in [-0.25, -0.2) is 0 Å². The third-order valence-electron chi connectivity index (χ3n) is 6.07. The van der Waals surface area contributed by atoms with Crippen molar-refractivity contribution in [2.24, 2.45) is 5.92 Å². The number of carbonyl (C=O) groups is 1. The summed E-state index contributed by atoms with van der Waals surface area (Å²) in [6.45, 7) is 0.405. The standard InChI is InChI=1S/C27H28BrNO6/c1-31-21-11-10-18(12-22(21)35-16-17-8-6-5-7-9-17)25-20(15-28)27(30)29(25)19-13-23(32-2)26(34-4)24(14-19)33-3/h5-14,20,25H,15-16H2,1-4H3/t20?,25-/m0/s1. The minimum absolute atomic E-state index is 0.00344. The van der Waals surface area contributed by atoms with Crippen molar-refractivity contribution in [1.29, 1.82) is 0 Å². The number of alkyl halides is 1. The zero-order chi connectivity index (χ0) is 24.9. The molecule has 1 amide bonds. The highest BCUT2D eigenvalue weighted by Crippen LogP contribution is 2.49. The molecule has 0 spiro atoms. The maximum Gasteiger partial charge on any atom is 0.233 e. The molecule has 0 bridgehead atoms. The van der Waals surface area contributed by atoms with Gasteiger partial charge in [-0.1, -0.05) is 52.3 Å². The number of hydrogen-bond acceptors (Lipinski definition) is 6. The average molecular weight is 542 g/mol. The summed E-state index contributed by atoms with van der Waals surface area (Å²) >= 11 is 3.52. The van der Waals surface area contributed by atoms with Gasteiger partial charge in [0, 0.05) is 17.5 Å². The number of benzene rings is 3. The molecular weight excluding hydrogens is 514 g/mol. The Balaban J connectivity index is 1.70. The van der Waals surface area contributed by atoms with E-state index in [1.165, 1.54) is 0 Å². The van der Waals surface area contributed by atoms with Crippen LogP contribution in [0.4, 0.5) is 5.69 Å². The number of halogens is 1. The van der Waals surface area contributed by atoms with E-state index < -0.39 is 0 Å². The van der Waals surface area contributed by atoms with Crippen LogP contribution in [0, 0.1) is 5.92 Å². The molecule has 3 aromatic rings. The molecule has 35 heavy (non-hydrogen) atoms. The predicted octanol–water partition coefficient (Wildman–Crippen LogP) is 5.40. The van der Waals surface area contributed by atoms with Crippen molar-refractivity contribution in [1.82, 2.24) is 0 Å². The Morgan fingerprint density at radius 3 is 2.03 bits per heavy atom. The smallest absolute Gasteiger partial charge is 0.233 e. The summed E-state index contributed by atoms with van der Waals surface area (Å²) in [5.74, 6) is 2.46. The van der Waals surface area contributed by atoms with Gasteiger partial charge >= 0.3 is 0 Å². The summed E-state index contributed by atoms with van der Waals surface area (Å²) in [6, 6.07) is 19.1. The summed E-state index contributed by atoms with van der Waals surface area (Å²) < 4.78 is 28.1. The van der Waals surface area contributed by atoms with Gasteiger partial charge in [-0.3, -0.25) is 4.79 Å². The molecule has 1 saturated heterocycles. The number of ether oxygens (including phenoxy) is 5. The molecular formula is C27H28BrNO6. The van der Waals surface area contributed by atoms with Crippen molar-refractivity contribution in [2.75, 3.05) is 38.7 Å². The molecule has 2 atom stereocenters. The van der Waals surface area contributed by atoms with Crippen molar-refractivity contribution < 1.29 is 28.5 Å². The van der Waals surface area contributed by atoms with Gasteiger partial charge in [-0.2, -0.15) is 0 Å². The van der Waals surface area contributed by atoms with Crippen molar-refractivity contribution >= 4 is 27.5 Å². The van der Waals surface area contributed by atoms with Crippen molar-refractivity contribution in [3.8, 4) is 28.7 Å². The topological polar surface area (TPSA) is 66.5 Å². The second-order valence-electron chi connectivity index (χ2n) is 7.98. The first-order chi connectivity index (χ1) is 17.1. The van der Waals surface area contributed by atoms with Gasteiger partial charge < -0.3 is 28.6 Å². The number of rotatable bonds is 10. The first kappa shape index (κ1) is 24.7. The predicted molar refractivity (Wildman–Crippen MR) is 137 cm³/mol. The lowest BCUT2D eigenvalue weighted by Crippen LogP contribution is -2.56. The molecule has 1 heterocycles. The molecule has 1 fully saturated rings. The normalized spacial score (nSPS) is 16.9. The minimum atomic E-state index is -0.232. The number of nitrogens with zero attached hydrogens (tertiary/aromatic N) is 1. The Bertz CT molecular complexity index is 1160. The highest BCUT2D eigenvalue weighted by Gasteiger charge is 2.48. The maximum absolute atomic E-state index is 13.2. The van der Waals surface area contributed by atoms with Gasteiger partial charge in [0.2, 0.25) is 11.7 Å². The van der Waals surface area contributed by atoms with Crippen LogP contribution in [0.15, 0.2) is 60.7 Å². The van der Waals surface area contributed by atoms with Crippen LogP contribution in [0.2, 0.25) is 0 Å². The minimum Gasteiger partial charge on any atom is -0.493 e. The van der Waals surface area contributed by atoms with Crippen LogP contribution in [0.3, 0.4) is 0 Å². The van der Waals surface area contributed by atoms with E-state index in [0.29, 0.717) is 46.4 Å². The Labute approximate surface area is 213 Å². The maximum atomic E-state index is 13.2. The molecule has 1 aliphatic heterocycles. The summed E-state index contributed by atoms with van der Waals surface area (Å²) in [4.78, 5) is 14.9. The molecule has 0 aliphatic carbocycles. The fraction of sp³-hybridized carbons (Fsp3) is 0.296. The molecule has 0 N–H and O–H groups in total. The quantitative estimate of drug-likeness (QED) is 0.253. The molecule has 1 unspecified atom stereocenters. The number of β-lactam (4-membered cyclic amide) rings is 1. The molecule has 0 radical (unpaired) electrons. The summed E-state index contributed by atoms with van der Waals surface area (Å²) in [5, 5.41) is 0.531. The first-order valence-electron chi connectivity index (χ1n) is 11.1. The van der Waals surface area contributed by atoms with Crippen molar-refractivity contribution in [2.45, 2.75) is 12.6 Å². The van der Waals surface area contributed by atoms with Crippen LogP contribution >= 0.6 is 15.9 Å². The first-order valence-corrected chi connectivity index (χ1v) is 12.2. The van der Waals surface area contributed by atoms with Crippen LogP contribution < -0.4 is 28.6 Å². The molecule has 1 aliphatic rings. The average Bonchev–Trinajstić information content (AvgIpc) is 2.90. The van der Waals surface area contributed by atoms with E-state index in [0.717, 1.165) is 11.1 Å². The second kappa shape index (κ2) is 10.9. The SMILES string of the molecule is COc1ccc([C@H]2C(CBr)C(=O)N2c2cc(OC)c(OC)c(OC)c2)cc1OCc1ccccc1. The van der Waals surface area contributed by atoms with Gasteiger partial charge in [0.1, 0.15) is 6.61 Å². The molecule has 4 rings (SSSR count). The summed E-state index contributed by atoms with van der Waals surface area (Å²) in [6.07, 6.45) is 0. The number of carbonyl (C=O) groups excluding carboxylic acids is 1. The fourth-order valence-electron chi connectivity index (χ4n) is 4.30. The highest BCUT2D eigenvalue weighted by atomic mass is 79.9. The zero-order valence-electron chi connectivity index (χ0n) is 20.1. The number of methoxy groups -OCH3 is 4. The van der Waals surface area contributed by atoms with Gasteiger partial charge in [-0.15, -0.1) is 0 Å². The summed E-state index contributed by atoms with van der Waals surface area (Å²) in [7, 11) is 6.27. The van der Waals surface area contributed by atoms with Crippen LogP contribution in [0.25, 0.3) is 0 Å². The van der Waals surface area contributed by atoms with Crippen LogP contribution in [-0.4, -0.2) is 39.7 Å². The van der Waals surface area contributed by atoms with E-state index in [4.69, 9.17) is 23.7 Å². The lowest BCUT2D eigenvalue weighted by atomic mass is 9.83. The number of hydrogen-bond donors (Lipinski definition) is 0. The third kappa shape index (κ3) is 4.75. The third-order valence-corrected chi connectivity index (χ3v) is 6.77. The molecule has 0 saturated carbocycles. The van der Waals surface area contributed by atoms with Gasteiger partial charge in [0.25, 0.3) is 0 Å². The Morgan fingerprint density at radius 1 is 0.800 bits per heavy atom. The van der Waals surface area contributed by atoms with Crippen LogP contribution in [0.5, 0.6) is 28.7 Å². The van der Waals surface area contributed by atoms with Crippen molar-refractivity contribution in [3.05, 3.63) is 71.8 Å². The highest BCUT2D eigenvalue weighted by molar-refractivity contribution is 9.09. The molecule has 8 heteroatoms. The molecule has 3 aromatic carbocycles. The van der Waals surface area contributed by atoms with E-state index in [9.17, 15) is 4.79 Å². The molecule has 7 nitrogen and oxygen atoms in total. The second-order valence-corrected chi connectivity index (χ2v) is 8.63. The monoisotopic (exact) mass is 541 g/mol. The lowest BCUT2D eigenvalue weighted by molar-refractivity contribution is -0.129.